The van der Waals surface area contributed by atoms with Crippen molar-refractivity contribution < 1.29 is 14.3 Å². The lowest BCUT2D eigenvalue weighted by atomic mass is 10.2. The molecule has 0 radical (unpaired) electrons. The molecule has 0 bridgehead atoms. The molecule has 2 N–H and O–H groups in total. The fraction of sp³-hybridized carbons (Fsp3) is 0.385. The first-order chi connectivity index (χ1) is 8.90. The average Bonchev–Trinajstić information content (AvgIpc) is 2.32. The van der Waals surface area contributed by atoms with Crippen molar-refractivity contribution >= 4 is 33.5 Å². The van der Waals surface area contributed by atoms with Gasteiger partial charge in [0.05, 0.1) is 12.2 Å². The Morgan fingerprint density at radius 2 is 2.00 bits per heavy atom. The predicted molar refractivity (Wildman–Crippen MR) is 76.8 cm³/mol. The third kappa shape index (κ3) is 5.30. The van der Waals surface area contributed by atoms with Gasteiger partial charge in [0.15, 0.2) is 0 Å². The van der Waals surface area contributed by atoms with E-state index in [0.717, 1.165) is 4.47 Å². The number of esters is 1. The molecule has 0 spiro atoms. The lowest BCUT2D eigenvalue weighted by Crippen LogP contribution is -2.21. The topological polar surface area (TPSA) is 72.6 Å². The minimum atomic E-state index is -0.440. The molecule has 0 heterocycles. The molecular formula is C13H17BrN2O3. The molecule has 0 saturated heterocycles. The fourth-order valence-electron chi connectivity index (χ4n) is 1.43. The van der Waals surface area contributed by atoms with Crippen molar-refractivity contribution in [3.8, 4) is 0 Å². The molecule has 5 nitrogen and oxygen atoms in total. The number of nitrogen functional groups attached to an aromatic ring is 1. The molecule has 104 valence electrons. The lowest BCUT2D eigenvalue weighted by Gasteiger charge is -2.10. The van der Waals surface area contributed by atoms with Crippen LogP contribution in [0.5, 0.6) is 0 Å². The van der Waals surface area contributed by atoms with Crippen LogP contribution in [-0.2, 0) is 9.53 Å². The van der Waals surface area contributed by atoms with Crippen LogP contribution in [0.3, 0.4) is 0 Å². The van der Waals surface area contributed by atoms with E-state index in [1.54, 1.807) is 32.3 Å². The van der Waals surface area contributed by atoms with E-state index in [4.69, 9.17) is 10.5 Å². The van der Waals surface area contributed by atoms with E-state index >= 15 is 0 Å². The molecule has 0 aliphatic rings. The average molecular weight is 329 g/mol. The number of anilines is 1. The minimum Gasteiger partial charge on any atom is -0.462 e. The van der Waals surface area contributed by atoms with Crippen LogP contribution >= 0.6 is 15.9 Å². The Morgan fingerprint density at radius 3 is 2.58 bits per heavy atom. The molecule has 19 heavy (non-hydrogen) atoms. The number of ether oxygens (including phenoxy) is 1. The maximum absolute atomic E-state index is 11.7. The maximum Gasteiger partial charge on any atom is 0.338 e. The van der Waals surface area contributed by atoms with Crippen molar-refractivity contribution in [2.45, 2.75) is 12.8 Å². The monoisotopic (exact) mass is 328 g/mol. The zero-order valence-corrected chi connectivity index (χ0v) is 12.6. The number of carbonyl (C=O) groups excluding carboxylic acids is 2. The van der Waals surface area contributed by atoms with Gasteiger partial charge in [-0.05, 0) is 24.6 Å². The van der Waals surface area contributed by atoms with E-state index in [-0.39, 0.29) is 12.5 Å². The summed E-state index contributed by atoms with van der Waals surface area (Å²) >= 11 is 3.26. The SMILES string of the molecule is CN(C)C(=O)CCCOC(=O)c1cc(N)cc(Br)c1. The molecule has 1 amide bonds. The lowest BCUT2D eigenvalue weighted by molar-refractivity contribution is -0.128. The van der Waals surface area contributed by atoms with Crippen LogP contribution in [0.4, 0.5) is 5.69 Å². The second kappa shape index (κ2) is 7.13. The highest BCUT2D eigenvalue weighted by Gasteiger charge is 2.09. The number of halogens is 1. The van der Waals surface area contributed by atoms with Crippen molar-refractivity contribution in [3.63, 3.8) is 0 Å². The highest BCUT2D eigenvalue weighted by Crippen LogP contribution is 2.18. The number of benzene rings is 1. The van der Waals surface area contributed by atoms with E-state index < -0.39 is 5.97 Å². The van der Waals surface area contributed by atoms with Crippen LogP contribution in [0.25, 0.3) is 0 Å². The fourth-order valence-corrected chi connectivity index (χ4v) is 1.94. The molecule has 0 unspecified atom stereocenters. The number of hydrogen-bond acceptors (Lipinski definition) is 4. The highest BCUT2D eigenvalue weighted by molar-refractivity contribution is 9.10. The van der Waals surface area contributed by atoms with Crippen molar-refractivity contribution in [3.05, 3.63) is 28.2 Å². The van der Waals surface area contributed by atoms with Crippen LogP contribution < -0.4 is 5.73 Å². The number of nitrogens with two attached hydrogens (primary N) is 1. The van der Waals surface area contributed by atoms with Crippen LogP contribution in [0.15, 0.2) is 22.7 Å². The Bertz CT molecular complexity index is 455. The second-order valence-electron chi connectivity index (χ2n) is 4.30. The molecule has 0 aromatic heterocycles. The van der Waals surface area contributed by atoms with Crippen molar-refractivity contribution in [2.75, 3.05) is 26.4 Å². The van der Waals surface area contributed by atoms with Gasteiger partial charge in [0.25, 0.3) is 0 Å². The van der Waals surface area contributed by atoms with Gasteiger partial charge < -0.3 is 15.4 Å². The summed E-state index contributed by atoms with van der Waals surface area (Å²) in [5.41, 5.74) is 6.52. The van der Waals surface area contributed by atoms with Gasteiger partial charge in [-0.25, -0.2) is 4.79 Å². The number of rotatable bonds is 5. The first-order valence-corrected chi connectivity index (χ1v) is 6.63. The third-order valence-electron chi connectivity index (χ3n) is 2.42. The Morgan fingerprint density at radius 1 is 1.32 bits per heavy atom. The van der Waals surface area contributed by atoms with Crippen molar-refractivity contribution in [2.24, 2.45) is 0 Å². The van der Waals surface area contributed by atoms with Crippen molar-refractivity contribution in [1.82, 2.24) is 4.90 Å². The number of amides is 1. The van der Waals surface area contributed by atoms with Gasteiger partial charge in [0.1, 0.15) is 0 Å². The largest absolute Gasteiger partial charge is 0.462 e. The Balaban J connectivity index is 2.41. The van der Waals surface area contributed by atoms with Crippen LogP contribution in [0, 0.1) is 0 Å². The Hall–Kier alpha value is -1.56. The minimum absolute atomic E-state index is 0.0164. The molecule has 1 rings (SSSR count). The van der Waals surface area contributed by atoms with Crippen molar-refractivity contribution in [1.29, 1.82) is 0 Å². The summed E-state index contributed by atoms with van der Waals surface area (Å²) in [7, 11) is 3.39. The van der Waals surface area contributed by atoms with E-state index in [1.807, 2.05) is 0 Å². The third-order valence-corrected chi connectivity index (χ3v) is 2.88. The van der Waals surface area contributed by atoms with Crippen LogP contribution in [0.1, 0.15) is 23.2 Å². The maximum atomic E-state index is 11.7. The standard InChI is InChI=1S/C13H17BrN2O3/c1-16(2)12(17)4-3-5-19-13(18)9-6-10(14)8-11(15)7-9/h6-8H,3-5,15H2,1-2H3. The summed E-state index contributed by atoms with van der Waals surface area (Å²) in [6.45, 7) is 0.213. The van der Waals surface area contributed by atoms with Gasteiger partial charge >= 0.3 is 5.97 Å². The molecule has 0 atom stereocenters. The number of nitrogens with zero attached hydrogens (tertiary/aromatic N) is 1. The van der Waals surface area contributed by atoms with Gasteiger partial charge in [-0.15, -0.1) is 0 Å². The summed E-state index contributed by atoms with van der Waals surface area (Å²) in [4.78, 5) is 24.6. The second-order valence-corrected chi connectivity index (χ2v) is 5.22. The molecule has 1 aromatic rings. The predicted octanol–water partition coefficient (Wildman–Crippen LogP) is 2.06. The van der Waals surface area contributed by atoms with Gasteiger partial charge in [0.2, 0.25) is 5.91 Å². The first kappa shape index (κ1) is 15.5. The Kier molecular flexibility index (Phi) is 5.82. The van der Waals surface area contributed by atoms with E-state index in [0.29, 0.717) is 24.1 Å². The first-order valence-electron chi connectivity index (χ1n) is 5.83. The smallest absolute Gasteiger partial charge is 0.338 e. The number of hydrogen-bond donors (Lipinski definition) is 1. The number of carbonyl (C=O) groups is 2. The van der Waals surface area contributed by atoms with Gasteiger partial charge in [-0.3, -0.25) is 4.79 Å². The van der Waals surface area contributed by atoms with E-state index in [1.165, 1.54) is 4.90 Å². The summed E-state index contributed by atoms with van der Waals surface area (Å²) in [5, 5.41) is 0. The van der Waals surface area contributed by atoms with E-state index in [2.05, 4.69) is 15.9 Å². The molecule has 0 aliphatic heterocycles. The summed E-state index contributed by atoms with van der Waals surface area (Å²) < 4.78 is 5.81. The summed E-state index contributed by atoms with van der Waals surface area (Å²) in [5.74, 6) is -0.423. The molecule has 0 aliphatic carbocycles. The van der Waals surface area contributed by atoms with Gasteiger partial charge in [-0.2, -0.15) is 0 Å². The zero-order chi connectivity index (χ0) is 14.4. The molecule has 0 fully saturated rings. The quantitative estimate of drug-likeness (QED) is 0.510. The molecular weight excluding hydrogens is 312 g/mol. The molecule has 6 heteroatoms. The Labute approximate surface area is 120 Å². The normalized spacial score (nSPS) is 10.1. The molecule has 1 aromatic carbocycles. The summed E-state index contributed by atoms with van der Waals surface area (Å²) in [6, 6.07) is 4.90. The van der Waals surface area contributed by atoms with E-state index in [9.17, 15) is 9.59 Å². The molecule has 0 saturated carbocycles. The van der Waals surface area contributed by atoms with Crippen LogP contribution in [-0.4, -0.2) is 37.5 Å². The highest BCUT2D eigenvalue weighted by atomic mass is 79.9. The van der Waals surface area contributed by atoms with Gasteiger partial charge in [0, 0.05) is 30.7 Å². The summed E-state index contributed by atoms with van der Waals surface area (Å²) in [6.07, 6.45) is 0.868. The zero-order valence-electron chi connectivity index (χ0n) is 11.0. The van der Waals surface area contributed by atoms with Crippen LogP contribution in [0.2, 0.25) is 0 Å². The van der Waals surface area contributed by atoms with Gasteiger partial charge in [-0.1, -0.05) is 15.9 Å².